The Hall–Kier alpha value is -0.610. The second-order valence-corrected chi connectivity index (χ2v) is 5.13. The number of rotatable bonds is 6. The molecule has 2 unspecified atom stereocenters. The van der Waals surface area contributed by atoms with Crippen LogP contribution in [0.3, 0.4) is 0 Å². The van der Waals surface area contributed by atoms with Gasteiger partial charge in [-0.3, -0.25) is 4.79 Å². The highest BCUT2D eigenvalue weighted by Crippen LogP contribution is 2.29. The zero-order valence-electron chi connectivity index (χ0n) is 10.8. The molecule has 0 spiro atoms. The van der Waals surface area contributed by atoms with Crippen molar-refractivity contribution >= 4 is 5.91 Å². The topological polar surface area (TPSA) is 75.4 Å². The van der Waals surface area contributed by atoms with Crippen LogP contribution in [0.2, 0.25) is 0 Å². The standard InChI is InChI=1S/C13H26N2O2/c1-2-5-12(14)13(17)15-8-10-6-3-4-7-11(10)9-16/h10-12,16H,2-9,14H2,1H3,(H,15,17)/t10?,11?,12-/m1/s1. The maximum atomic E-state index is 11.7. The van der Waals surface area contributed by atoms with Crippen molar-refractivity contribution in [2.24, 2.45) is 17.6 Å². The summed E-state index contributed by atoms with van der Waals surface area (Å²) in [7, 11) is 0. The number of amides is 1. The van der Waals surface area contributed by atoms with E-state index in [1.165, 1.54) is 12.8 Å². The van der Waals surface area contributed by atoms with Crippen LogP contribution in [0, 0.1) is 11.8 Å². The van der Waals surface area contributed by atoms with Gasteiger partial charge in [-0.25, -0.2) is 0 Å². The van der Waals surface area contributed by atoms with Gasteiger partial charge in [0, 0.05) is 13.2 Å². The minimum Gasteiger partial charge on any atom is -0.396 e. The Labute approximate surface area is 104 Å². The van der Waals surface area contributed by atoms with Crippen LogP contribution >= 0.6 is 0 Å². The van der Waals surface area contributed by atoms with E-state index in [1.54, 1.807) is 0 Å². The summed E-state index contributed by atoms with van der Waals surface area (Å²) in [4.78, 5) is 11.7. The van der Waals surface area contributed by atoms with Crippen molar-refractivity contribution in [1.82, 2.24) is 5.32 Å². The van der Waals surface area contributed by atoms with Crippen LogP contribution in [0.4, 0.5) is 0 Å². The molecule has 1 fully saturated rings. The Morgan fingerprint density at radius 1 is 1.41 bits per heavy atom. The summed E-state index contributed by atoms with van der Waals surface area (Å²) in [6.45, 7) is 2.93. The second kappa shape index (κ2) is 7.67. The molecule has 1 amide bonds. The van der Waals surface area contributed by atoms with Crippen LogP contribution in [-0.4, -0.2) is 30.2 Å². The SMILES string of the molecule is CCC[C@@H](N)C(=O)NCC1CCCCC1CO. The molecule has 1 rings (SSSR count). The van der Waals surface area contributed by atoms with Gasteiger partial charge in [0.25, 0.3) is 0 Å². The Kier molecular flexibility index (Phi) is 6.52. The predicted molar refractivity (Wildman–Crippen MR) is 68.4 cm³/mol. The predicted octanol–water partition coefficient (Wildman–Crippen LogP) is 1.03. The smallest absolute Gasteiger partial charge is 0.236 e. The van der Waals surface area contributed by atoms with Crippen LogP contribution in [0.25, 0.3) is 0 Å². The second-order valence-electron chi connectivity index (χ2n) is 5.13. The molecule has 17 heavy (non-hydrogen) atoms. The lowest BCUT2D eigenvalue weighted by molar-refractivity contribution is -0.122. The van der Waals surface area contributed by atoms with Crippen LogP contribution < -0.4 is 11.1 Å². The van der Waals surface area contributed by atoms with Crippen LogP contribution in [0.15, 0.2) is 0 Å². The molecular formula is C13H26N2O2. The first-order chi connectivity index (χ1) is 8.19. The third-order valence-electron chi connectivity index (χ3n) is 3.78. The number of carbonyl (C=O) groups is 1. The Balaban J connectivity index is 2.30. The lowest BCUT2D eigenvalue weighted by Crippen LogP contribution is -2.44. The van der Waals surface area contributed by atoms with Crippen molar-refractivity contribution < 1.29 is 9.90 Å². The van der Waals surface area contributed by atoms with E-state index in [2.05, 4.69) is 5.32 Å². The minimum atomic E-state index is -0.379. The quantitative estimate of drug-likeness (QED) is 0.651. The minimum absolute atomic E-state index is 0.0471. The molecule has 100 valence electrons. The van der Waals surface area contributed by atoms with E-state index in [0.717, 1.165) is 25.7 Å². The zero-order chi connectivity index (χ0) is 12.7. The highest BCUT2D eigenvalue weighted by Gasteiger charge is 2.25. The van der Waals surface area contributed by atoms with Gasteiger partial charge >= 0.3 is 0 Å². The number of aliphatic hydroxyl groups is 1. The number of carbonyl (C=O) groups excluding carboxylic acids is 1. The Bertz CT molecular complexity index is 233. The Morgan fingerprint density at radius 3 is 2.65 bits per heavy atom. The van der Waals surface area contributed by atoms with Crippen molar-refractivity contribution in [2.45, 2.75) is 51.5 Å². The van der Waals surface area contributed by atoms with Crippen molar-refractivity contribution in [3.05, 3.63) is 0 Å². The number of nitrogens with two attached hydrogens (primary N) is 1. The van der Waals surface area contributed by atoms with Gasteiger partial charge in [-0.1, -0.05) is 26.2 Å². The molecule has 0 bridgehead atoms. The largest absolute Gasteiger partial charge is 0.396 e. The Morgan fingerprint density at radius 2 is 2.06 bits per heavy atom. The first kappa shape index (κ1) is 14.5. The molecule has 0 saturated heterocycles. The first-order valence-corrected chi connectivity index (χ1v) is 6.83. The molecule has 0 aliphatic heterocycles. The van der Waals surface area contributed by atoms with Gasteiger partial charge in [-0.15, -0.1) is 0 Å². The maximum absolute atomic E-state index is 11.7. The van der Waals surface area contributed by atoms with E-state index in [4.69, 9.17) is 5.73 Å². The molecular weight excluding hydrogens is 216 g/mol. The van der Waals surface area contributed by atoms with Crippen LogP contribution in [0.1, 0.15) is 45.4 Å². The number of nitrogens with one attached hydrogen (secondary N) is 1. The van der Waals surface area contributed by atoms with Gasteiger partial charge in [-0.2, -0.15) is 0 Å². The highest BCUT2D eigenvalue weighted by molar-refractivity contribution is 5.81. The van der Waals surface area contributed by atoms with Crippen molar-refractivity contribution in [3.63, 3.8) is 0 Å². The van der Waals surface area contributed by atoms with E-state index >= 15 is 0 Å². The summed E-state index contributed by atoms with van der Waals surface area (Å²) in [5.41, 5.74) is 5.75. The van der Waals surface area contributed by atoms with Gasteiger partial charge < -0.3 is 16.2 Å². The maximum Gasteiger partial charge on any atom is 0.236 e. The van der Waals surface area contributed by atoms with Gasteiger partial charge in [0.1, 0.15) is 0 Å². The summed E-state index contributed by atoms with van der Waals surface area (Å²) in [6, 6.07) is -0.379. The number of hydrogen-bond donors (Lipinski definition) is 3. The van der Waals surface area contributed by atoms with Crippen LogP contribution in [-0.2, 0) is 4.79 Å². The molecule has 0 radical (unpaired) electrons. The van der Waals surface area contributed by atoms with Crippen LogP contribution in [0.5, 0.6) is 0 Å². The summed E-state index contributed by atoms with van der Waals surface area (Å²) in [6.07, 6.45) is 6.26. The summed E-state index contributed by atoms with van der Waals surface area (Å²) >= 11 is 0. The fraction of sp³-hybridized carbons (Fsp3) is 0.923. The molecule has 4 N–H and O–H groups in total. The fourth-order valence-electron chi connectivity index (χ4n) is 2.60. The molecule has 1 aliphatic carbocycles. The van der Waals surface area contributed by atoms with Gasteiger partial charge in [0.05, 0.1) is 6.04 Å². The van der Waals surface area contributed by atoms with E-state index in [1.807, 2.05) is 6.92 Å². The van der Waals surface area contributed by atoms with Crippen molar-refractivity contribution in [3.8, 4) is 0 Å². The molecule has 0 aromatic carbocycles. The molecule has 3 atom stereocenters. The fourth-order valence-corrected chi connectivity index (χ4v) is 2.60. The molecule has 1 aliphatic rings. The summed E-state index contributed by atoms with van der Waals surface area (Å²) in [5, 5.41) is 12.2. The van der Waals surface area contributed by atoms with Gasteiger partial charge in [0.15, 0.2) is 0 Å². The van der Waals surface area contributed by atoms with Gasteiger partial charge in [0.2, 0.25) is 5.91 Å². The first-order valence-electron chi connectivity index (χ1n) is 6.83. The van der Waals surface area contributed by atoms with E-state index in [0.29, 0.717) is 18.4 Å². The molecule has 0 aromatic rings. The number of aliphatic hydroxyl groups excluding tert-OH is 1. The zero-order valence-corrected chi connectivity index (χ0v) is 10.8. The summed E-state index contributed by atoms with van der Waals surface area (Å²) < 4.78 is 0. The average molecular weight is 242 g/mol. The van der Waals surface area contributed by atoms with Crippen molar-refractivity contribution in [2.75, 3.05) is 13.2 Å². The summed E-state index contributed by atoms with van der Waals surface area (Å²) in [5.74, 6) is 0.729. The van der Waals surface area contributed by atoms with E-state index < -0.39 is 0 Å². The van der Waals surface area contributed by atoms with E-state index in [9.17, 15) is 9.90 Å². The third-order valence-corrected chi connectivity index (χ3v) is 3.78. The molecule has 0 aromatic heterocycles. The average Bonchev–Trinajstić information content (AvgIpc) is 2.36. The lowest BCUT2D eigenvalue weighted by Gasteiger charge is -2.30. The highest BCUT2D eigenvalue weighted by atomic mass is 16.3. The third kappa shape index (κ3) is 4.64. The molecule has 0 heterocycles. The lowest BCUT2D eigenvalue weighted by atomic mass is 9.79. The molecule has 4 heteroatoms. The monoisotopic (exact) mass is 242 g/mol. The van der Waals surface area contributed by atoms with E-state index in [-0.39, 0.29) is 18.6 Å². The molecule has 4 nitrogen and oxygen atoms in total. The van der Waals surface area contributed by atoms with Gasteiger partial charge in [-0.05, 0) is 31.1 Å². The molecule has 1 saturated carbocycles. The van der Waals surface area contributed by atoms with Crippen molar-refractivity contribution in [1.29, 1.82) is 0 Å². The number of hydrogen-bond acceptors (Lipinski definition) is 3. The normalized spacial score (nSPS) is 26.5.